The molecule has 1 amide bonds. The molecule has 3 N–H and O–H groups in total. The number of anilines is 2. The molecule has 1 aliphatic rings. The quantitative estimate of drug-likeness (QED) is 0.866. The van der Waals surface area contributed by atoms with Crippen LogP contribution in [0.4, 0.5) is 16.6 Å². The molecule has 0 aliphatic carbocycles. The predicted molar refractivity (Wildman–Crippen MR) is 85.8 cm³/mol. The average Bonchev–Trinajstić information content (AvgIpc) is 2.36. The molecule has 0 radical (unpaired) electrons. The topological polar surface area (TPSA) is 93.4 Å². The van der Waals surface area contributed by atoms with Crippen LogP contribution in [0.3, 0.4) is 0 Å². The molecular formula is C15H25N5O2. The van der Waals surface area contributed by atoms with E-state index in [4.69, 9.17) is 10.5 Å². The van der Waals surface area contributed by atoms with Crippen LogP contribution in [-0.2, 0) is 4.74 Å². The highest BCUT2D eigenvalue weighted by atomic mass is 16.6. The third-order valence-electron chi connectivity index (χ3n) is 3.40. The van der Waals surface area contributed by atoms with Crippen molar-refractivity contribution in [2.45, 2.75) is 52.2 Å². The Hall–Kier alpha value is -2.05. The van der Waals surface area contributed by atoms with Gasteiger partial charge in [-0.25, -0.2) is 9.78 Å². The first-order chi connectivity index (χ1) is 10.2. The van der Waals surface area contributed by atoms with Crippen molar-refractivity contribution >= 4 is 17.9 Å². The van der Waals surface area contributed by atoms with Crippen LogP contribution in [0.2, 0.25) is 0 Å². The number of nitrogen functional groups attached to an aromatic ring is 1. The summed E-state index contributed by atoms with van der Waals surface area (Å²) in [6.45, 7) is 9.11. The van der Waals surface area contributed by atoms with Crippen molar-refractivity contribution < 1.29 is 9.53 Å². The average molecular weight is 307 g/mol. The number of aromatic nitrogens is 2. The third kappa shape index (κ3) is 4.75. The number of nitrogens with zero attached hydrogens (tertiary/aromatic N) is 3. The molecule has 0 aromatic carbocycles. The summed E-state index contributed by atoms with van der Waals surface area (Å²) in [4.78, 5) is 22.3. The maximum absolute atomic E-state index is 11.8. The fourth-order valence-electron chi connectivity index (χ4n) is 2.46. The van der Waals surface area contributed by atoms with Crippen LogP contribution in [0.15, 0.2) is 6.07 Å². The molecular weight excluding hydrogens is 282 g/mol. The number of piperidine rings is 1. The van der Waals surface area contributed by atoms with Gasteiger partial charge < -0.3 is 20.7 Å². The molecule has 0 unspecified atom stereocenters. The Morgan fingerprint density at radius 3 is 2.55 bits per heavy atom. The number of hydrogen-bond donors (Lipinski definition) is 2. The first-order valence-corrected chi connectivity index (χ1v) is 7.58. The molecule has 22 heavy (non-hydrogen) atoms. The number of amides is 1. The first kappa shape index (κ1) is 16.3. The molecule has 2 heterocycles. The van der Waals surface area contributed by atoms with E-state index in [1.165, 1.54) is 0 Å². The predicted octanol–water partition coefficient (Wildman–Crippen LogP) is 1.86. The number of nitrogens with two attached hydrogens (primary N) is 1. The third-order valence-corrected chi connectivity index (χ3v) is 3.40. The molecule has 122 valence electrons. The molecule has 1 aromatic rings. The second-order valence-corrected chi connectivity index (χ2v) is 6.63. The number of carbonyl (C=O) groups is 1. The highest BCUT2D eigenvalue weighted by Crippen LogP contribution is 2.19. The lowest BCUT2D eigenvalue weighted by atomic mass is 10.1. The maximum atomic E-state index is 11.8. The maximum Gasteiger partial charge on any atom is 0.407 e. The Morgan fingerprint density at radius 1 is 1.36 bits per heavy atom. The van der Waals surface area contributed by atoms with Gasteiger partial charge in [0.25, 0.3) is 0 Å². The first-order valence-electron chi connectivity index (χ1n) is 7.58. The number of carbonyl (C=O) groups excluding carboxylic acids is 1. The van der Waals surface area contributed by atoms with Crippen LogP contribution < -0.4 is 16.0 Å². The summed E-state index contributed by atoms with van der Waals surface area (Å²) in [5, 5.41) is 2.92. The van der Waals surface area contributed by atoms with Crippen molar-refractivity contribution in [3.8, 4) is 0 Å². The standard InChI is InChI=1S/C15H25N5O2/c1-10-9-12(19-13(16)17-10)20-7-5-11(6-8-20)18-14(21)22-15(2,3)4/h9,11H,5-8H2,1-4H3,(H,18,21)(H2,16,17,19). The Morgan fingerprint density at radius 2 is 2.00 bits per heavy atom. The molecule has 7 heteroatoms. The van der Waals surface area contributed by atoms with Crippen LogP contribution in [0.1, 0.15) is 39.3 Å². The Labute approximate surface area is 131 Å². The highest BCUT2D eigenvalue weighted by molar-refractivity contribution is 5.68. The van der Waals surface area contributed by atoms with E-state index in [1.54, 1.807) is 0 Å². The van der Waals surface area contributed by atoms with Crippen LogP contribution in [0.5, 0.6) is 0 Å². The van der Waals surface area contributed by atoms with E-state index in [0.717, 1.165) is 37.4 Å². The number of hydrogen-bond acceptors (Lipinski definition) is 6. The number of aryl methyl sites for hydroxylation is 1. The zero-order valence-corrected chi connectivity index (χ0v) is 13.7. The molecule has 0 atom stereocenters. The zero-order valence-electron chi connectivity index (χ0n) is 13.7. The number of ether oxygens (including phenoxy) is 1. The van der Waals surface area contributed by atoms with E-state index in [2.05, 4.69) is 20.2 Å². The summed E-state index contributed by atoms with van der Waals surface area (Å²) >= 11 is 0. The lowest BCUT2D eigenvalue weighted by Crippen LogP contribution is -2.46. The molecule has 0 bridgehead atoms. The van der Waals surface area contributed by atoms with Crippen molar-refractivity contribution in [2.24, 2.45) is 0 Å². The minimum absolute atomic E-state index is 0.131. The SMILES string of the molecule is Cc1cc(N2CCC(NC(=O)OC(C)(C)C)CC2)nc(N)n1. The van der Waals surface area contributed by atoms with Crippen molar-refractivity contribution in [2.75, 3.05) is 23.7 Å². The van der Waals surface area contributed by atoms with Gasteiger partial charge in [-0.05, 0) is 40.5 Å². The second kappa shape index (κ2) is 6.37. The molecule has 1 fully saturated rings. The fraction of sp³-hybridized carbons (Fsp3) is 0.667. The fourth-order valence-corrected chi connectivity index (χ4v) is 2.46. The van der Waals surface area contributed by atoms with Crippen molar-refractivity contribution in [3.63, 3.8) is 0 Å². The van der Waals surface area contributed by atoms with E-state index < -0.39 is 5.60 Å². The van der Waals surface area contributed by atoms with Crippen molar-refractivity contribution in [1.29, 1.82) is 0 Å². The van der Waals surface area contributed by atoms with Gasteiger partial charge >= 0.3 is 6.09 Å². The summed E-state index contributed by atoms with van der Waals surface area (Å²) in [5.41, 5.74) is 6.08. The smallest absolute Gasteiger partial charge is 0.407 e. The van der Waals surface area contributed by atoms with Crippen molar-refractivity contribution in [1.82, 2.24) is 15.3 Å². The van der Waals surface area contributed by atoms with Gasteiger partial charge in [0.1, 0.15) is 11.4 Å². The Balaban J connectivity index is 1.86. The van der Waals surface area contributed by atoms with E-state index >= 15 is 0 Å². The lowest BCUT2D eigenvalue weighted by Gasteiger charge is -2.33. The van der Waals surface area contributed by atoms with Gasteiger partial charge in [-0.3, -0.25) is 0 Å². The van der Waals surface area contributed by atoms with Crippen molar-refractivity contribution in [3.05, 3.63) is 11.8 Å². The Kier molecular flexibility index (Phi) is 4.73. The summed E-state index contributed by atoms with van der Waals surface area (Å²) in [6.07, 6.45) is 1.35. The summed E-state index contributed by atoms with van der Waals surface area (Å²) in [6, 6.07) is 2.06. The molecule has 0 saturated carbocycles. The van der Waals surface area contributed by atoms with Crippen LogP contribution in [0.25, 0.3) is 0 Å². The van der Waals surface area contributed by atoms with Gasteiger partial charge in [0, 0.05) is 30.9 Å². The summed E-state index contributed by atoms with van der Waals surface area (Å²) in [5.74, 6) is 1.14. The van der Waals surface area contributed by atoms with Gasteiger partial charge in [0.05, 0.1) is 0 Å². The minimum atomic E-state index is -0.471. The zero-order chi connectivity index (χ0) is 16.3. The lowest BCUT2D eigenvalue weighted by molar-refractivity contribution is 0.0497. The molecule has 2 rings (SSSR count). The molecule has 0 spiro atoms. The Bertz CT molecular complexity index is 513. The summed E-state index contributed by atoms with van der Waals surface area (Å²) in [7, 11) is 0. The normalized spacial score (nSPS) is 16.5. The van der Waals surface area contributed by atoms with E-state index in [-0.39, 0.29) is 12.1 Å². The number of rotatable bonds is 2. The van der Waals surface area contributed by atoms with Crippen LogP contribution in [0, 0.1) is 6.92 Å². The van der Waals surface area contributed by atoms with Gasteiger partial charge in [0.2, 0.25) is 5.95 Å². The number of alkyl carbamates (subject to hydrolysis) is 1. The molecule has 1 saturated heterocycles. The van der Waals surface area contributed by atoms with Crippen LogP contribution in [-0.4, -0.2) is 40.8 Å². The largest absolute Gasteiger partial charge is 0.444 e. The molecule has 1 aliphatic heterocycles. The molecule has 7 nitrogen and oxygen atoms in total. The van der Waals surface area contributed by atoms with Gasteiger partial charge in [-0.15, -0.1) is 0 Å². The highest BCUT2D eigenvalue weighted by Gasteiger charge is 2.24. The second-order valence-electron chi connectivity index (χ2n) is 6.63. The molecule has 1 aromatic heterocycles. The van der Waals surface area contributed by atoms with Crippen LogP contribution >= 0.6 is 0 Å². The van der Waals surface area contributed by atoms with Gasteiger partial charge in [0.15, 0.2) is 0 Å². The number of nitrogens with one attached hydrogen (secondary N) is 1. The minimum Gasteiger partial charge on any atom is -0.444 e. The van der Waals surface area contributed by atoms with Gasteiger partial charge in [-0.2, -0.15) is 4.98 Å². The van der Waals surface area contributed by atoms with E-state index in [9.17, 15) is 4.79 Å². The monoisotopic (exact) mass is 307 g/mol. The van der Waals surface area contributed by atoms with E-state index in [1.807, 2.05) is 33.8 Å². The van der Waals surface area contributed by atoms with E-state index in [0.29, 0.717) is 5.95 Å². The van der Waals surface area contributed by atoms with Gasteiger partial charge in [-0.1, -0.05) is 0 Å². The summed E-state index contributed by atoms with van der Waals surface area (Å²) < 4.78 is 5.28.